The zero-order valence-corrected chi connectivity index (χ0v) is 16.6. The second-order valence-electron chi connectivity index (χ2n) is 7.33. The van der Waals surface area contributed by atoms with E-state index < -0.39 is 17.6 Å². The molecule has 8 nitrogen and oxygen atoms in total. The molecule has 0 unspecified atom stereocenters. The number of rotatable bonds is 3. The summed E-state index contributed by atoms with van der Waals surface area (Å²) in [6.07, 6.45) is 1.67. The number of hydrogen-bond acceptors (Lipinski definition) is 6. The molecule has 3 aromatic heterocycles. The van der Waals surface area contributed by atoms with Crippen molar-refractivity contribution in [1.82, 2.24) is 24.9 Å². The Labute approximate surface area is 179 Å². The van der Waals surface area contributed by atoms with Crippen molar-refractivity contribution in [1.29, 1.82) is 0 Å². The van der Waals surface area contributed by atoms with Crippen LogP contribution in [0.1, 0.15) is 29.0 Å². The predicted octanol–water partition coefficient (Wildman–Crippen LogP) is 4.24. The van der Waals surface area contributed by atoms with Gasteiger partial charge in [0.15, 0.2) is 5.76 Å². The highest BCUT2D eigenvalue weighted by Crippen LogP contribution is 2.35. The average molecular weight is 440 g/mol. The second kappa shape index (κ2) is 7.29. The Balaban J connectivity index is 1.51. The number of hydrogen-bond donors (Lipinski definition) is 0. The summed E-state index contributed by atoms with van der Waals surface area (Å²) in [5, 5.41) is 8.33. The summed E-state index contributed by atoms with van der Waals surface area (Å²) in [5.74, 6) is -0.0745. The fourth-order valence-corrected chi connectivity index (χ4v) is 3.65. The molecule has 4 aromatic rings. The van der Waals surface area contributed by atoms with E-state index >= 15 is 0 Å². The molecule has 0 N–H and O–H groups in total. The van der Waals surface area contributed by atoms with Gasteiger partial charge < -0.3 is 9.42 Å². The zero-order valence-electron chi connectivity index (χ0n) is 16.6. The molecular formula is C21H15F3N6O2. The Morgan fingerprint density at radius 3 is 2.56 bits per heavy atom. The molecular weight excluding hydrogens is 425 g/mol. The molecule has 0 aliphatic carbocycles. The zero-order chi connectivity index (χ0) is 22.5. The number of carbonyl (C=O) groups excluding carboxylic acids is 1. The number of halogens is 3. The maximum absolute atomic E-state index is 13.3. The van der Waals surface area contributed by atoms with Gasteiger partial charge in [-0.05, 0) is 31.2 Å². The summed E-state index contributed by atoms with van der Waals surface area (Å²) < 4.78 is 45.7. The van der Waals surface area contributed by atoms with Gasteiger partial charge in [-0.2, -0.15) is 18.3 Å². The minimum atomic E-state index is -4.45. The Morgan fingerprint density at radius 2 is 1.88 bits per heavy atom. The molecule has 0 spiro atoms. The lowest BCUT2D eigenvalue weighted by Gasteiger charge is -2.32. The maximum atomic E-state index is 13.3. The Bertz CT molecular complexity index is 1280. The van der Waals surface area contributed by atoms with E-state index in [0.717, 1.165) is 12.1 Å². The van der Waals surface area contributed by atoms with Crippen LogP contribution in [0, 0.1) is 0 Å². The molecule has 0 bridgehead atoms. The summed E-state index contributed by atoms with van der Waals surface area (Å²) in [7, 11) is 0. The van der Waals surface area contributed by atoms with Crippen LogP contribution >= 0.6 is 0 Å². The van der Waals surface area contributed by atoms with Crippen LogP contribution in [0.2, 0.25) is 0 Å². The number of amides is 1. The highest BCUT2D eigenvalue weighted by Gasteiger charge is 2.36. The number of carbonyl (C=O) groups is 1. The smallest absolute Gasteiger partial charge is 0.355 e. The van der Waals surface area contributed by atoms with Gasteiger partial charge in [-0.1, -0.05) is 5.16 Å². The molecule has 4 heterocycles. The van der Waals surface area contributed by atoms with Crippen molar-refractivity contribution in [2.75, 3.05) is 11.4 Å². The van der Waals surface area contributed by atoms with Gasteiger partial charge in [0.05, 0.1) is 29.6 Å². The third kappa shape index (κ3) is 3.31. The van der Waals surface area contributed by atoms with Gasteiger partial charge in [0.2, 0.25) is 0 Å². The molecule has 1 aromatic carbocycles. The first-order chi connectivity index (χ1) is 15.3. The Morgan fingerprint density at radius 1 is 1.09 bits per heavy atom. The van der Waals surface area contributed by atoms with Crippen LogP contribution < -0.4 is 4.90 Å². The minimum absolute atomic E-state index is 0.207. The average Bonchev–Trinajstić information content (AvgIpc) is 3.44. The summed E-state index contributed by atoms with van der Waals surface area (Å²) in [4.78, 5) is 22.9. The maximum Gasteiger partial charge on any atom is 0.416 e. The molecule has 32 heavy (non-hydrogen) atoms. The lowest BCUT2D eigenvalue weighted by molar-refractivity contribution is -0.137. The van der Waals surface area contributed by atoms with Gasteiger partial charge >= 0.3 is 6.18 Å². The van der Waals surface area contributed by atoms with Crippen molar-refractivity contribution >= 4 is 11.6 Å². The molecule has 0 saturated heterocycles. The van der Waals surface area contributed by atoms with Crippen molar-refractivity contribution < 1.29 is 22.5 Å². The molecule has 162 valence electrons. The normalized spacial score (nSPS) is 16.3. The molecule has 1 atom stereocenters. The van der Waals surface area contributed by atoms with E-state index in [2.05, 4.69) is 20.2 Å². The van der Waals surface area contributed by atoms with E-state index in [1.54, 1.807) is 10.7 Å². The van der Waals surface area contributed by atoms with Crippen molar-refractivity contribution in [3.63, 3.8) is 0 Å². The van der Waals surface area contributed by atoms with E-state index in [1.165, 1.54) is 41.8 Å². The molecule has 11 heteroatoms. The van der Waals surface area contributed by atoms with Crippen LogP contribution in [0.3, 0.4) is 0 Å². The van der Waals surface area contributed by atoms with Crippen molar-refractivity contribution in [3.8, 4) is 22.7 Å². The van der Waals surface area contributed by atoms with Gasteiger partial charge in [0.1, 0.15) is 17.1 Å². The van der Waals surface area contributed by atoms with E-state index in [-0.39, 0.29) is 18.3 Å². The van der Waals surface area contributed by atoms with Gasteiger partial charge in [0, 0.05) is 30.7 Å². The number of alkyl halides is 3. The third-order valence-corrected chi connectivity index (χ3v) is 5.22. The molecule has 0 saturated carbocycles. The standard InChI is InChI=1S/C21H15F3N6O2/c1-12-11-29(14-4-2-13(3-5-14)21(22,23)24)20(31)19-15(9-27-30(12)19)18-8-16(28-32-18)17-10-25-6-7-26-17/h2-10,12H,11H2,1H3/t12-/m0/s1. The topological polar surface area (TPSA) is 89.9 Å². The van der Waals surface area contributed by atoms with Gasteiger partial charge in [0.25, 0.3) is 5.91 Å². The van der Waals surface area contributed by atoms with E-state index in [1.807, 2.05) is 6.92 Å². The first kappa shape index (κ1) is 19.9. The molecule has 5 rings (SSSR count). The molecule has 1 aliphatic rings. The number of nitrogens with zero attached hydrogens (tertiary/aromatic N) is 6. The number of benzene rings is 1. The molecule has 1 amide bonds. The highest BCUT2D eigenvalue weighted by molar-refractivity contribution is 6.09. The Hall–Kier alpha value is -4.02. The van der Waals surface area contributed by atoms with Gasteiger partial charge in [-0.15, -0.1) is 0 Å². The lowest BCUT2D eigenvalue weighted by Crippen LogP contribution is -2.42. The summed E-state index contributed by atoms with van der Waals surface area (Å²) >= 11 is 0. The SMILES string of the molecule is C[C@H]1CN(c2ccc(C(F)(F)F)cc2)C(=O)c2c(-c3cc(-c4cnccn4)no3)cnn21. The summed E-state index contributed by atoms with van der Waals surface area (Å²) in [6, 6.07) is 5.94. The van der Waals surface area contributed by atoms with Crippen LogP contribution in [0.5, 0.6) is 0 Å². The van der Waals surface area contributed by atoms with E-state index in [9.17, 15) is 18.0 Å². The van der Waals surface area contributed by atoms with Crippen molar-refractivity contribution in [2.24, 2.45) is 0 Å². The van der Waals surface area contributed by atoms with Crippen molar-refractivity contribution in [3.05, 3.63) is 66.4 Å². The number of aromatic nitrogens is 5. The number of anilines is 1. The number of fused-ring (bicyclic) bond motifs is 1. The minimum Gasteiger partial charge on any atom is -0.355 e. The highest BCUT2D eigenvalue weighted by atomic mass is 19.4. The van der Waals surface area contributed by atoms with Crippen LogP contribution in [-0.4, -0.2) is 37.4 Å². The van der Waals surface area contributed by atoms with Crippen LogP contribution in [0.25, 0.3) is 22.7 Å². The van der Waals surface area contributed by atoms with Gasteiger partial charge in [-0.3, -0.25) is 19.4 Å². The molecule has 0 radical (unpaired) electrons. The van der Waals surface area contributed by atoms with Crippen molar-refractivity contribution in [2.45, 2.75) is 19.1 Å². The monoisotopic (exact) mass is 440 g/mol. The Kier molecular flexibility index (Phi) is 4.54. The summed E-state index contributed by atoms with van der Waals surface area (Å²) in [6.45, 7) is 2.13. The predicted molar refractivity (Wildman–Crippen MR) is 107 cm³/mol. The fourth-order valence-electron chi connectivity index (χ4n) is 3.65. The molecule has 1 aliphatic heterocycles. The largest absolute Gasteiger partial charge is 0.416 e. The van der Waals surface area contributed by atoms with E-state index in [4.69, 9.17) is 4.52 Å². The third-order valence-electron chi connectivity index (χ3n) is 5.22. The van der Waals surface area contributed by atoms with E-state index in [0.29, 0.717) is 28.4 Å². The lowest BCUT2D eigenvalue weighted by atomic mass is 10.1. The fraction of sp³-hybridized carbons (Fsp3) is 0.190. The first-order valence-electron chi connectivity index (χ1n) is 9.63. The second-order valence-corrected chi connectivity index (χ2v) is 7.33. The van der Waals surface area contributed by atoms with Crippen LogP contribution in [0.15, 0.2) is 59.6 Å². The quantitative estimate of drug-likeness (QED) is 0.474. The van der Waals surface area contributed by atoms with Crippen LogP contribution in [0.4, 0.5) is 18.9 Å². The summed E-state index contributed by atoms with van der Waals surface area (Å²) in [5.41, 5.74) is 1.25. The molecule has 0 fully saturated rings. The first-order valence-corrected chi connectivity index (χ1v) is 9.63. The van der Waals surface area contributed by atoms with Gasteiger partial charge in [-0.25, -0.2) is 0 Å². The van der Waals surface area contributed by atoms with Crippen LogP contribution in [-0.2, 0) is 6.18 Å².